The molecule has 3 heterocycles. The lowest BCUT2D eigenvalue weighted by Crippen LogP contribution is -2.18. The van der Waals surface area contributed by atoms with Crippen molar-refractivity contribution in [2.24, 2.45) is 0 Å². The number of alkyl halides is 3. The highest BCUT2D eigenvalue weighted by Crippen LogP contribution is 2.29. The lowest BCUT2D eigenvalue weighted by molar-refractivity contribution is -0.274. The summed E-state index contributed by atoms with van der Waals surface area (Å²) in [5.74, 6) is -0.338. The van der Waals surface area contributed by atoms with Gasteiger partial charge in [-0.15, -0.1) is 13.2 Å². The van der Waals surface area contributed by atoms with Gasteiger partial charge in [-0.25, -0.2) is 4.98 Å². The summed E-state index contributed by atoms with van der Waals surface area (Å²) in [7, 11) is 0. The average Bonchev–Trinajstić information content (AvgIpc) is 3.48. The van der Waals surface area contributed by atoms with E-state index >= 15 is 0 Å². The Morgan fingerprint density at radius 2 is 1.92 bits per heavy atom. The molecule has 5 aromatic rings. The lowest BCUT2D eigenvalue weighted by Gasteiger charge is -2.11. The number of ether oxygens (including phenoxy) is 1. The molecule has 8 nitrogen and oxygen atoms in total. The largest absolute Gasteiger partial charge is 0.573 e. The van der Waals surface area contributed by atoms with E-state index in [0.717, 1.165) is 5.56 Å². The SMILES string of the molecule is Cc1ccc(-c2nc(Cc3ccccc3OC(F)(F)F)no2)cc1NC(=O)c1cnc2ccccn12. The fraction of sp³-hybridized carbons (Fsp3) is 0.120. The molecule has 0 saturated heterocycles. The third-order valence-corrected chi connectivity index (χ3v) is 5.40. The Kier molecular flexibility index (Phi) is 5.88. The van der Waals surface area contributed by atoms with Crippen molar-refractivity contribution in [1.29, 1.82) is 0 Å². The van der Waals surface area contributed by atoms with Crippen LogP contribution in [0.2, 0.25) is 0 Å². The van der Waals surface area contributed by atoms with Crippen molar-refractivity contribution in [2.75, 3.05) is 5.32 Å². The van der Waals surface area contributed by atoms with Gasteiger partial charge in [0, 0.05) is 29.4 Å². The maximum atomic E-state index is 12.9. The standard InChI is InChI=1S/C25H18F3N5O3/c1-15-9-10-17(12-18(15)30-23(34)19-14-29-22-8-4-5-11-33(19)22)24-31-21(32-36-24)13-16-6-2-3-7-20(16)35-25(26,27)28/h2-12,14H,13H2,1H3,(H,30,34). The van der Waals surface area contributed by atoms with Crippen LogP contribution in [0.4, 0.5) is 18.9 Å². The van der Waals surface area contributed by atoms with Gasteiger partial charge >= 0.3 is 6.36 Å². The molecule has 0 radical (unpaired) electrons. The number of anilines is 1. The van der Waals surface area contributed by atoms with Crippen molar-refractivity contribution in [3.63, 3.8) is 0 Å². The third kappa shape index (κ3) is 4.90. The van der Waals surface area contributed by atoms with Gasteiger partial charge in [-0.1, -0.05) is 35.5 Å². The zero-order chi connectivity index (χ0) is 25.3. The van der Waals surface area contributed by atoms with Crippen molar-refractivity contribution in [3.05, 3.63) is 95.7 Å². The van der Waals surface area contributed by atoms with Gasteiger partial charge in [-0.3, -0.25) is 9.20 Å². The summed E-state index contributed by atoms with van der Waals surface area (Å²) in [5, 5.41) is 6.77. The predicted molar refractivity (Wildman–Crippen MR) is 124 cm³/mol. The summed E-state index contributed by atoms with van der Waals surface area (Å²) in [6.45, 7) is 1.84. The number of hydrogen-bond donors (Lipinski definition) is 1. The van der Waals surface area contributed by atoms with Crippen molar-refractivity contribution in [2.45, 2.75) is 19.7 Å². The van der Waals surface area contributed by atoms with E-state index in [1.165, 1.54) is 24.4 Å². The average molecular weight is 493 g/mol. The topological polar surface area (TPSA) is 94.5 Å². The summed E-state index contributed by atoms with van der Waals surface area (Å²) >= 11 is 0. The van der Waals surface area contributed by atoms with E-state index in [0.29, 0.717) is 22.6 Å². The molecule has 0 spiro atoms. The van der Waals surface area contributed by atoms with E-state index in [4.69, 9.17) is 4.52 Å². The number of benzene rings is 2. The molecule has 11 heteroatoms. The summed E-state index contributed by atoms with van der Waals surface area (Å²) in [6.07, 6.45) is -1.60. The molecule has 1 N–H and O–H groups in total. The van der Waals surface area contributed by atoms with Gasteiger partial charge in [0.25, 0.3) is 11.8 Å². The van der Waals surface area contributed by atoms with E-state index < -0.39 is 6.36 Å². The van der Waals surface area contributed by atoms with Crippen LogP contribution in [0.3, 0.4) is 0 Å². The molecule has 1 amide bonds. The first kappa shape index (κ1) is 23.1. The number of hydrogen-bond acceptors (Lipinski definition) is 6. The number of nitrogens with one attached hydrogen (secondary N) is 1. The van der Waals surface area contributed by atoms with Crippen LogP contribution in [0.25, 0.3) is 17.1 Å². The monoisotopic (exact) mass is 493 g/mol. The third-order valence-electron chi connectivity index (χ3n) is 5.40. The number of aromatic nitrogens is 4. The highest BCUT2D eigenvalue weighted by molar-refractivity contribution is 6.04. The quantitative estimate of drug-likeness (QED) is 0.339. The predicted octanol–water partition coefficient (Wildman–Crippen LogP) is 5.43. The first-order valence-electron chi connectivity index (χ1n) is 10.8. The molecule has 0 aliphatic rings. The number of carbonyl (C=O) groups excluding carboxylic acids is 1. The van der Waals surface area contributed by atoms with Gasteiger partial charge < -0.3 is 14.6 Å². The number of amides is 1. The molecule has 0 bridgehead atoms. The zero-order valence-electron chi connectivity index (χ0n) is 18.8. The number of carbonyl (C=O) groups is 1. The Bertz CT molecular complexity index is 1560. The summed E-state index contributed by atoms with van der Waals surface area (Å²) in [5.41, 5.74) is 3.15. The van der Waals surface area contributed by atoms with Crippen LogP contribution < -0.4 is 10.1 Å². The van der Waals surface area contributed by atoms with E-state index in [-0.39, 0.29) is 35.4 Å². The number of pyridine rings is 1. The van der Waals surface area contributed by atoms with Gasteiger partial charge in [-0.05, 0) is 42.8 Å². The fourth-order valence-corrected chi connectivity index (χ4v) is 3.66. The molecule has 0 aliphatic carbocycles. The lowest BCUT2D eigenvalue weighted by atomic mass is 10.1. The minimum absolute atomic E-state index is 0.0283. The smallest absolute Gasteiger partial charge is 0.405 e. The molecular weight excluding hydrogens is 475 g/mol. The molecule has 182 valence electrons. The summed E-state index contributed by atoms with van der Waals surface area (Å²) in [4.78, 5) is 21.5. The Labute approximate surface area is 202 Å². The molecule has 0 fully saturated rings. The Morgan fingerprint density at radius 3 is 2.75 bits per heavy atom. The Hall–Kier alpha value is -4.67. The van der Waals surface area contributed by atoms with Gasteiger partial charge in [-0.2, -0.15) is 4.98 Å². The Balaban J connectivity index is 1.36. The van der Waals surface area contributed by atoms with Crippen molar-refractivity contribution in [1.82, 2.24) is 19.5 Å². The van der Waals surface area contributed by atoms with Gasteiger partial charge in [0.2, 0.25) is 0 Å². The molecule has 36 heavy (non-hydrogen) atoms. The van der Waals surface area contributed by atoms with Gasteiger partial charge in [0.05, 0.1) is 6.20 Å². The van der Waals surface area contributed by atoms with Crippen molar-refractivity contribution < 1.29 is 27.2 Å². The first-order valence-corrected chi connectivity index (χ1v) is 10.8. The highest BCUT2D eigenvalue weighted by atomic mass is 19.4. The van der Waals surface area contributed by atoms with Crippen LogP contribution in [0.1, 0.15) is 27.4 Å². The van der Waals surface area contributed by atoms with Crippen LogP contribution in [-0.2, 0) is 6.42 Å². The second-order valence-electron chi connectivity index (χ2n) is 7.90. The van der Waals surface area contributed by atoms with Crippen LogP contribution in [0.5, 0.6) is 5.75 Å². The number of halogens is 3. The van der Waals surface area contributed by atoms with Gasteiger partial charge in [0.1, 0.15) is 17.1 Å². The molecule has 2 aromatic carbocycles. The fourth-order valence-electron chi connectivity index (χ4n) is 3.66. The molecule has 3 aromatic heterocycles. The number of imidazole rings is 1. The molecule has 0 unspecified atom stereocenters. The normalized spacial score (nSPS) is 11.6. The molecule has 0 atom stereocenters. The molecular formula is C25H18F3N5O3. The molecule has 5 rings (SSSR count). The van der Waals surface area contributed by atoms with Crippen LogP contribution in [0.15, 0.2) is 77.6 Å². The molecule has 0 aliphatic heterocycles. The van der Waals surface area contributed by atoms with Gasteiger partial charge in [0.15, 0.2) is 5.82 Å². The highest BCUT2D eigenvalue weighted by Gasteiger charge is 2.32. The van der Waals surface area contributed by atoms with E-state index in [2.05, 4.69) is 25.2 Å². The maximum Gasteiger partial charge on any atom is 0.573 e. The van der Waals surface area contributed by atoms with E-state index in [9.17, 15) is 18.0 Å². The Morgan fingerprint density at radius 1 is 1.11 bits per heavy atom. The summed E-state index contributed by atoms with van der Waals surface area (Å²) in [6, 6.07) is 16.4. The minimum Gasteiger partial charge on any atom is -0.405 e. The number of aryl methyl sites for hydroxylation is 1. The van der Waals surface area contributed by atoms with Crippen molar-refractivity contribution >= 4 is 17.2 Å². The number of para-hydroxylation sites is 1. The van der Waals surface area contributed by atoms with Crippen LogP contribution in [0, 0.1) is 6.92 Å². The number of rotatable bonds is 6. The zero-order valence-corrected chi connectivity index (χ0v) is 18.8. The number of nitrogens with zero attached hydrogens (tertiary/aromatic N) is 4. The number of fused-ring (bicyclic) bond motifs is 1. The first-order chi connectivity index (χ1) is 17.3. The van der Waals surface area contributed by atoms with E-state index in [1.807, 2.05) is 13.0 Å². The summed E-state index contributed by atoms with van der Waals surface area (Å²) < 4.78 is 49.2. The minimum atomic E-state index is -4.82. The van der Waals surface area contributed by atoms with Crippen LogP contribution in [-0.4, -0.2) is 31.8 Å². The molecule has 0 saturated carbocycles. The van der Waals surface area contributed by atoms with E-state index in [1.54, 1.807) is 47.0 Å². The van der Waals surface area contributed by atoms with Crippen LogP contribution >= 0.6 is 0 Å². The van der Waals surface area contributed by atoms with Crippen molar-refractivity contribution in [3.8, 4) is 17.2 Å². The maximum absolute atomic E-state index is 12.9. The second kappa shape index (κ2) is 9.17. The second-order valence-corrected chi connectivity index (χ2v) is 7.90.